The van der Waals surface area contributed by atoms with E-state index in [9.17, 15) is 19.5 Å². The molecule has 0 aromatic heterocycles. The topological polar surface area (TPSA) is 105 Å². The van der Waals surface area contributed by atoms with Gasteiger partial charge in [0.2, 0.25) is 5.91 Å². The fraction of sp³-hybridized carbons (Fsp3) is 0.312. The minimum atomic E-state index is -0.976. The minimum Gasteiger partial charge on any atom is -0.481 e. The van der Waals surface area contributed by atoms with Crippen LogP contribution in [-0.4, -0.2) is 30.2 Å². The SMILES string of the molecule is COC(=O)Nc1cccc(NC(=O)[C@H]2CC=CC[C@H]2C(=O)O)c1. The summed E-state index contributed by atoms with van der Waals surface area (Å²) in [5.41, 5.74) is 0.940. The number of ether oxygens (including phenoxy) is 1. The summed E-state index contributed by atoms with van der Waals surface area (Å²) in [5, 5.41) is 14.4. The molecule has 1 aromatic rings. The second-order valence-corrected chi connectivity index (χ2v) is 5.18. The minimum absolute atomic E-state index is 0.345. The number of amides is 2. The van der Waals surface area contributed by atoms with E-state index in [0.29, 0.717) is 24.2 Å². The molecule has 7 heteroatoms. The van der Waals surface area contributed by atoms with Gasteiger partial charge in [0.05, 0.1) is 18.9 Å². The lowest BCUT2D eigenvalue weighted by atomic mass is 9.82. The van der Waals surface area contributed by atoms with E-state index < -0.39 is 23.9 Å². The first-order valence-corrected chi connectivity index (χ1v) is 7.15. The van der Waals surface area contributed by atoms with Gasteiger partial charge in [-0.1, -0.05) is 18.2 Å². The summed E-state index contributed by atoms with van der Waals surface area (Å²) in [4.78, 5) is 34.8. The fourth-order valence-electron chi connectivity index (χ4n) is 2.46. The van der Waals surface area contributed by atoms with E-state index in [1.165, 1.54) is 7.11 Å². The standard InChI is InChI=1S/C16H18N2O5/c1-23-16(22)18-11-6-4-5-10(9-11)17-14(19)12-7-2-3-8-13(12)15(20)21/h2-6,9,12-13H,7-8H2,1H3,(H,17,19)(H,18,22)(H,20,21)/t12-,13+/m0/s1. The molecule has 0 heterocycles. The molecule has 0 bridgehead atoms. The van der Waals surface area contributed by atoms with Gasteiger partial charge in [0.25, 0.3) is 0 Å². The maximum absolute atomic E-state index is 12.4. The van der Waals surface area contributed by atoms with Gasteiger partial charge in [-0.25, -0.2) is 4.79 Å². The Morgan fingerprint density at radius 3 is 2.30 bits per heavy atom. The van der Waals surface area contributed by atoms with E-state index >= 15 is 0 Å². The van der Waals surface area contributed by atoms with Crippen LogP contribution in [0.15, 0.2) is 36.4 Å². The normalized spacial score (nSPS) is 19.7. The number of carbonyl (C=O) groups excluding carboxylic acids is 2. The third kappa shape index (κ3) is 4.32. The molecule has 1 aliphatic rings. The molecule has 122 valence electrons. The van der Waals surface area contributed by atoms with Gasteiger partial charge in [-0.05, 0) is 31.0 Å². The largest absolute Gasteiger partial charge is 0.481 e. The number of allylic oxidation sites excluding steroid dienone is 2. The van der Waals surface area contributed by atoms with Crippen molar-refractivity contribution in [2.45, 2.75) is 12.8 Å². The highest BCUT2D eigenvalue weighted by atomic mass is 16.5. The van der Waals surface area contributed by atoms with Crippen LogP contribution in [0, 0.1) is 11.8 Å². The van der Waals surface area contributed by atoms with Crippen LogP contribution in [0.1, 0.15) is 12.8 Å². The number of aliphatic carboxylic acids is 1. The summed E-state index contributed by atoms with van der Waals surface area (Å²) in [6, 6.07) is 6.55. The first-order chi connectivity index (χ1) is 11.0. The molecule has 7 nitrogen and oxygen atoms in total. The summed E-state index contributed by atoms with van der Waals surface area (Å²) >= 11 is 0. The van der Waals surface area contributed by atoms with E-state index in [1.807, 2.05) is 6.08 Å². The molecule has 2 rings (SSSR count). The summed E-state index contributed by atoms with van der Waals surface area (Å²) in [7, 11) is 1.25. The third-order valence-corrected chi connectivity index (χ3v) is 3.65. The summed E-state index contributed by atoms with van der Waals surface area (Å²) in [6.45, 7) is 0. The van der Waals surface area contributed by atoms with Crippen LogP contribution in [0.5, 0.6) is 0 Å². The van der Waals surface area contributed by atoms with E-state index in [2.05, 4.69) is 15.4 Å². The molecular weight excluding hydrogens is 300 g/mol. The monoisotopic (exact) mass is 318 g/mol. The Labute approximate surface area is 133 Å². The Kier molecular flexibility index (Phi) is 5.35. The van der Waals surface area contributed by atoms with Crippen molar-refractivity contribution >= 4 is 29.3 Å². The van der Waals surface area contributed by atoms with Crippen molar-refractivity contribution in [1.82, 2.24) is 0 Å². The van der Waals surface area contributed by atoms with E-state index in [1.54, 1.807) is 30.3 Å². The molecule has 2 atom stereocenters. The quantitative estimate of drug-likeness (QED) is 0.740. The van der Waals surface area contributed by atoms with Crippen LogP contribution < -0.4 is 10.6 Å². The summed E-state index contributed by atoms with van der Waals surface area (Å²) in [5.74, 6) is -2.67. The second kappa shape index (κ2) is 7.44. The average molecular weight is 318 g/mol. The molecule has 0 spiro atoms. The molecule has 0 aliphatic heterocycles. The number of hydrogen-bond donors (Lipinski definition) is 3. The number of carboxylic acids is 1. The predicted octanol–water partition coefficient (Wildman–Crippen LogP) is 2.47. The number of hydrogen-bond acceptors (Lipinski definition) is 4. The van der Waals surface area contributed by atoms with Gasteiger partial charge >= 0.3 is 12.1 Å². The lowest BCUT2D eigenvalue weighted by Crippen LogP contribution is -2.34. The molecule has 0 fully saturated rings. The van der Waals surface area contributed by atoms with Gasteiger partial charge < -0.3 is 15.2 Å². The average Bonchev–Trinajstić information content (AvgIpc) is 2.55. The number of methoxy groups -OCH3 is 1. The maximum Gasteiger partial charge on any atom is 0.411 e. The van der Waals surface area contributed by atoms with Crippen molar-refractivity contribution in [3.05, 3.63) is 36.4 Å². The Morgan fingerprint density at radius 1 is 1.09 bits per heavy atom. The lowest BCUT2D eigenvalue weighted by molar-refractivity contribution is -0.146. The van der Waals surface area contributed by atoms with Crippen molar-refractivity contribution in [3.63, 3.8) is 0 Å². The van der Waals surface area contributed by atoms with Crippen molar-refractivity contribution in [3.8, 4) is 0 Å². The molecule has 1 aliphatic carbocycles. The Balaban J connectivity index is 2.07. The number of benzene rings is 1. The zero-order chi connectivity index (χ0) is 16.8. The van der Waals surface area contributed by atoms with Gasteiger partial charge in [0, 0.05) is 11.4 Å². The number of carbonyl (C=O) groups is 3. The molecule has 0 unspecified atom stereocenters. The van der Waals surface area contributed by atoms with Crippen LogP contribution in [0.4, 0.5) is 16.2 Å². The summed E-state index contributed by atoms with van der Waals surface area (Å²) in [6.07, 6.45) is 3.72. The molecule has 0 saturated heterocycles. The van der Waals surface area contributed by atoms with E-state index in [-0.39, 0.29) is 5.91 Å². The van der Waals surface area contributed by atoms with Crippen molar-refractivity contribution < 1.29 is 24.2 Å². The zero-order valence-corrected chi connectivity index (χ0v) is 12.6. The molecule has 0 radical (unpaired) electrons. The smallest absolute Gasteiger partial charge is 0.411 e. The Morgan fingerprint density at radius 2 is 1.70 bits per heavy atom. The van der Waals surface area contributed by atoms with Crippen LogP contribution in [0.2, 0.25) is 0 Å². The zero-order valence-electron chi connectivity index (χ0n) is 12.6. The lowest BCUT2D eigenvalue weighted by Gasteiger charge is -2.24. The second-order valence-electron chi connectivity index (χ2n) is 5.18. The third-order valence-electron chi connectivity index (χ3n) is 3.65. The molecule has 0 saturated carbocycles. The van der Waals surface area contributed by atoms with Gasteiger partial charge in [-0.15, -0.1) is 0 Å². The van der Waals surface area contributed by atoms with Crippen molar-refractivity contribution in [2.24, 2.45) is 11.8 Å². The van der Waals surface area contributed by atoms with Crippen LogP contribution in [-0.2, 0) is 14.3 Å². The number of nitrogens with one attached hydrogen (secondary N) is 2. The Bertz CT molecular complexity index is 641. The van der Waals surface area contributed by atoms with Gasteiger partial charge in [-0.2, -0.15) is 0 Å². The summed E-state index contributed by atoms with van der Waals surface area (Å²) < 4.78 is 4.50. The van der Waals surface area contributed by atoms with E-state index in [0.717, 1.165) is 0 Å². The van der Waals surface area contributed by atoms with E-state index in [4.69, 9.17) is 0 Å². The fourth-order valence-corrected chi connectivity index (χ4v) is 2.46. The molecular formula is C16H18N2O5. The highest BCUT2D eigenvalue weighted by Crippen LogP contribution is 2.27. The molecule has 2 amide bonds. The predicted molar refractivity (Wildman–Crippen MR) is 84.1 cm³/mol. The van der Waals surface area contributed by atoms with Gasteiger partial charge in [0.1, 0.15) is 0 Å². The molecule has 1 aromatic carbocycles. The number of rotatable bonds is 4. The molecule has 23 heavy (non-hydrogen) atoms. The van der Waals surface area contributed by atoms with Crippen molar-refractivity contribution in [2.75, 3.05) is 17.7 Å². The van der Waals surface area contributed by atoms with Gasteiger partial charge in [-0.3, -0.25) is 14.9 Å². The molecule has 3 N–H and O–H groups in total. The Hall–Kier alpha value is -2.83. The van der Waals surface area contributed by atoms with Crippen LogP contribution >= 0.6 is 0 Å². The van der Waals surface area contributed by atoms with Crippen LogP contribution in [0.25, 0.3) is 0 Å². The number of anilines is 2. The number of carboxylic acid groups (broad SMARTS) is 1. The first-order valence-electron chi connectivity index (χ1n) is 7.15. The van der Waals surface area contributed by atoms with Crippen molar-refractivity contribution in [1.29, 1.82) is 0 Å². The van der Waals surface area contributed by atoms with Crippen LogP contribution in [0.3, 0.4) is 0 Å². The maximum atomic E-state index is 12.4. The first kappa shape index (κ1) is 16.5. The van der Waals surface area contributed by atoms with Gasteiger partial charge in [0.15, 0.2) is 0 Å². The highest BCUT2D eigenvalue weighted by molar-refractivity contribution is 5.96. The highest BCUT2D eigenvalue weighted by Gasteiger charge is 2.33.